The standard InChI is InChI=1S/C21H24N2O3/c1-14-9-10-19(26-4)18(13-14)23-12-11-22(16(3)20(23)24)21(25)17-8-6-5-7-15(17)2/h5-10,13,16H,11-12H2,1-4H3/t16-/m1/s1. The Morgan fingerprint density at radius 3 is 2.54 bits per heavy atom. The average Bonchev–Trinajstić information content (AvgIpc) is 2.64. The number of aryl methyl sites for hydroxylation is 2. The van der Waals surface area contributed by atoms with Crippen LogP contribution in [0.4, 0.5) is 5.69 Å². The maximum Gasteiger partial charge on any atom is 0.254 e. The quantitative estimate of drug-likeness (QED) is 0.852. The summed E-state index contributed by atoms with van der Waals surface area (Å²) in [6.45, 7) is 6.60. The molecule has 5 heteroatoms. The summed E-state index contributed by atoms with van der Waals surface area (Å²) in [6, 6.07) is 12.7. The Morgan fingerprint density at radius 2 is 1.85 bits per heavy atom. The molecule has 0 aliphatic carbocycles. The summed E-state index contributed by atoms with van der Waals surface area (Å²) in [5.74, 6) is 0.469. The molecule has 0 radical (unpaired) electrons. The van der Waals surface area contributed by atoms with Crippen LogP contribution in [0.25, 0.3) is 0 Å². The highest BCUT2D eigenvalue weighted by atomic mass is 16.5. The van der Waals surface area contributed by atoms with Gasteiger partial charge < -0.3 is 14.5 Å². The van der Waals surface area contributed by atoms with Gasteiger partial charge in [-0.3, -0.25) is 9.59 Å². The number of carbonyl (C=O) groups is 2. The van der Waals surface area contributed by atoms with Crippen LogP contribution in [-0.2, 0) is 4.79 Å². The number of hydrogen-bond donors (Lipinski definition) is 0. The molecule has 2 aromatic carbocycles. The van der Waals surface area contributed by atoms with Crippen LogP contribution in [-0.4, -0.2) is 43.0 Å². The van der Waals surface area contributed by atoms with Gasteiger partial charge in [-0.05, 0) is 50.1 Å². The molecule has 0 aromatic heterocycles. The minimum atomic E-state index is -0.527. The van der Waals surface area contributed by atoms with Crippen LogP contribution in [0.1, 0.15) is 28.4 Å². The number of hydrogen-bond acceptors (Lipinski definition) is 3. The van der Waals surface area contributed by atoms with E-state index in [2.05, 4.69) is 0 Å². The minimum Gasteiger partial charge on any atom is -0.495 e. The number of rotatable bonds is 3. The number of nitrogens with zero attached hydrogens (tertiary/aromatic N) is 2. The molecule has 0 unspecified atom stereocenters. The van der Waals surface area contributed by atoms with Crippen molar-refractivity contribution >= 4 is 17.5 Å². The van der Waals surface area contributed by atoms with Crippen LogP contribution in [0.2, 0.25) is 0 Å². The predicted octanol–water partition coefficient (Wildman–Crippen LogP) is 3.19. The Balaban J connectivity index is 1.87. The molecule has 1 aliphatic rings. The second kappa shape index (κ2) is 7.20. The van der Waals surface area contributed by atoms with E-state index in [0.717, 1.165) is 16.8 Å². The number of anilines is 1. The van der Waals surface area contributed by atoms with Gasteiger partial charge in [-0.25, -0.2) is 0 Å². The Hall–Kier alpha value is -2.82. The van der Waals surface area contributed by atoms with Crippen molar-refractivity contribution in [3.63, 3.8) is 0 Å². The van der Waals surface area contributed by atoms with Gasteiger partial charge in [-0.1, -0.05) is 24.3 Å². The van der Waals surface area contributed by atoms with Crippen molar-refractivity contribution in [2.45, 2.75) is 26.8 Å². The maximum atomic E-state index is 13.0. The van der Waals surface area contributed by atoms with Crippen molar-refractivity contribution in [3.8, 4) is 5.75 Å². The van der Waals surface area contributed by atoms with Gasteiger partial charge in [0.2, 0.25) is 5.91 Å². The van der Waals surface area contributed by atoms with E-state index in [1.807, 2.05) is 56.3 Å². The van der Waals surface area contributed by atoms with E-state index in [-0.39, 0.29) is 11.8 Å². The second-order valence-electron chi connectivity index (χ2n) is 6.65. The minimum absolute atomic E-state index is 0.0953. The summed E-state index contributed by atoms with van der Waals surface area (Å²) < 4.78 is 5.42. The predicted molar refractivity (Wildman–Crippen MR) is 102 cm³/mol. The van der Waals surface area contributed by atoms with E-state index in [1.165, 1.54) is 0 Å². The SMILES string of the molecule is COc1ccc(C)cc1N1CCN(C(=O)c2ccccc2C)[C@H](C)C1=O. The van der Waals surface area contributed by atoms with Gasteiger partial charge in [0.1, 0.15) is 11.8 Å². The highest BCUT2D eigenvalue weighted by Crippen LogP contribution is 2.32. The fraction of sp³-hybridized carbons (Fsp3) is 0.333. The van der Waals surface area contributed by atoms with Gasteiger partial charge in [0.25, 0.3) is 5.91 Å². The zero-order valence-corrected chi connectivity index (χ0v) is 15.7. The Bertz CT molecular complexity index is 847. The van der Waals surface area contributed by atoms with Crippen LogP contribution < -0.4 is 9.64 Å². The molecule has 26 heavy (non-hydrogen) atoms. The molecule has 0 N–H and O–H groups in total. The summed E-state index contributed by atoms with van der Waals surface area (Å²) in [4.78, 5) is 29.3. The maximum absolute atomic E-state index is 13.0. The number of benzene rings is 2. The molecule has 1 fully saturated rings. The van der Waals surface area contributed by atoms with Crippen LogP contribution in [0.15, 0.2) is 42.5 Å². The molecule has 2 aromatic rings. The fourth-order valence-electron chi connectivity index (χ4n) is 3.37. The van der Waals surface area contributed by atoms with Crippen LogP contribution in [0.5, 0.6) is 5.75 Å². The topological polar surface area (TPSA) is 49.9 Å². The Kier molecular flexibility index (Phi) is 4.98. The molecule has 0 saturated carbocycles. The first kappa shape index (κ1) is 18.0. The largest absolute Gasteiger partial charge is 0.495 e. The summed E-state index contributed by atoms with van der Waals surface area (Å²) in [5.41, 5.74) is 3.38. The van der Waals surface area contributed by atoms with E-state index < -0.39 is 6.04 Å². The third-order valence-electron chi connectivity index (χ3n) is 4.92. The van der Waals surface area contributed by atoms with E-state index in [0.29, 0.717) is 24.4 Å². The van der Waals surface area contributed by atoms with Crippen molar-refractivity contribution in [2.75, 3.05) is 25.1 Å². The van der Waals surface area contributed by atoms with Crippen LogP contribution in [0, 0.1) is 13.8 Å². The van der Waals surface area contributed by atoms with Crippen molar-refractivity contribution < 1.29 is 14.3 Å². The number of amides is 2. The molecule has 0 bridgehead atoms. The third kappa shape index (κ3) is 3.17. The summed E-state index contributed by atoms with van der Waals surface area (Å²) in [6.07, 6.45) is 0. The van der Waals surface area contributed by atoms with E-state index in [9.17, 15) is 9.59 Å². The first-order chi connectivity index (χ1) is 12.4. The molecule has 136 valence electrons. The first-order valence-electron chi connectivity index (χ1n) is 8.76. The van der Waals surface area contributed by atoms with Gasteiger partial charge in [0.05, 0.1) is 12.8 Å². The second-order valence-corrected chi connectivity index (χ2v) is 6.65. The van der Waals surface area contributed by atoms with Crippen molar-refractivity contribution in [2.24, 2.45) is 0 Å². The Morgan fingerprint density at radius 1 is 1.12 bits per heavy atom. The van der Waals surface area contributed by atoms with Gasteiger partial charge in [0.15, 0.2) is 0 Å². The molecule has 1 saturated heterocycles. The molecular formula is C21H24N2O3. The van der Waals surface area contributed by atoms with E-state index in [4.69, 9.17) is 4.74 Å². The highest BCUT2D eigenvalue weighted by Gasteiger charge is 2.36. The normalized spacial score (nSPS) is 17.4. The fourth-order valence-corrected chi connectivity index (χ4v) is 3.37. The smallest absolute Gasteiger partial charge is 0.254 e. The van der Waals surface area contributed by atoms with Crippen molar-refractivity contribution in [3.05, 3.63) is 59.2 Å². The zero-order chi connectivity index (χ0) is 18.8. The highest BCUT2D eigenvalue weighted by molar-refractivity contribution is 6.04. The van der Waals surface area contributed by atoms with E-state index in [1.54, 1.807) is 23.8 Å². The molecule has 0 spiro atoms. The van der Waals surface area contributed by atoms with Gasteiger partial charge in [-0.15, -0.1) is 0 Å². The molecule has 1 atom stereocenters. The third-order valence-corrected chi connectivity index (χ3v) is 4.92. The van der Waals surface area contributed by atoms with Crippen LogP contribution in [0.3, 0.4) is 0 Å². The van der Waals surface area contributed by atoms with Crippen molar-refractivity contribution in [1.29, 1.82) is 0 Å². The molecular weight excluding hydrogens is 328 g/mol. The molecule has 5 nitrogen and oxygen atoms in total. The number of ether oxygens (including phenoxy) is 1. The van der Waals surface area contributed by atoms with E-state index >= 15 is 0 Å². The van der Waals surface area contributed by atoms with Gasteiger partial charge in [0, 0.05) is 18.7 Å². The van der Waals surface area contributed by atoms with Crippen molar-refractivity contribution in [1.82, 2.24) is 4.90 Å². The first-order valence-corrected chi connectivity index (χ1v) is 8.76. The molecule has 2 amide bonds. The number of methoxy groups -OCH3 is 1. The average molecular weight is 352 g/mol. The lowest BCUT2D eigenvalue weighted by atomic mass is 10.0. The number of carbonyl (C=O) groups excluding carboxylic acids is 2. The Labute approximate surface area is 154 Å². The van der Waals surface area contributed by atoms with Gasteiger partial charge >= 0.3 is 0 Å². The zero-order valence-electron chi connectivity index (χ0n) is 15.7. The summed E-state index contributed by atoms with van der Waals surface area (Å²) in [5, 5.41) is 0. The molecule has 3 rings (SSSR count). The van der Waals surface area contributed by atoms with Gasteiger partial charge in [-0.2, -0.15) is 0 Å². The van der Waals surface area contributed by atoms with Crippen LogP contribution >= 0.6 is 0 Å². The number of piperazine rings is 1. The molecule has 1 heterocycles. The molecule has 1 aliphatic heterocycles. The monoisotopic (exact) mass is 352 g/mol. The lowest BCUT2D eigenvalue weighted by Crippen LogP contribution is -2.58. The lowest BCUT2D eigenvalue weighted by molar-refractivity contribution is -0.124. The lowest BCUT2D eigenvalue weighted by Gasteiger charge is -2.39. The summed E-state index contributed by atoms with van der Waals surface area (Å²) >= 11 is 0. The summed E-state index contributed by atoms with van der Waals surface area (Å²) in [7, 11) is 1.60.